The van der Waals surface area contributed by atoms with Gasteiger partial charge in [-0.1, -0.05) is 13.0 Å². The molecule has 1 heterocycles. The summed E-state index contributed by atoms with van der Waals surface area (Å²) >= 11 is 0. The average Bonchev–Trinajstić information content (AvgIpc) is 3.03. The van der Waals surface area contributed by atoms with E-state index >= 15 is 0 Å². The van der Waals surface area contributed by atoms with Crippen LogP contribution in [-0.4, -0.2) is 32.6 Å². The molecule has 10 heteroatoms. The van der Waals surface area contributed by atoms with Gasteiger partial charge in [-0.3, -0.25) is 9.59 Å². The van der Waals surface area contributed by atoms with E-state index in [2.05, 4.69) is 15.6 Å². The zero-order chi connectivity index (χ0) is 21.1. The van der Waals surface area contributed by atoms with E-state index < -0.39 is 29.9 Å². The molecule has 1 aromatic carbocycles. The number of nitrogens with one attached hydrogen (secondary N) is 2. The van der Waals surface area contributed by atoms with Gasteiger partial charge in [0.25, 0.3) is 0 Å². The molecular formula is C18H21F3N4O3. The SMILES string of the molecule is CCC(=O)Nc1ccc(C)c(NC(=O)CC(O)(c2nccn2C)C(F)(F)F)c1. The van der Waals surface area contributed by atoms with Crippen LogP contribution in [0.5, 0.6) is 0 Å². The third kappa shape index (κ3) is 4.50. The summed E-state index contributed by atoms with van der Waals surface area (Å²) in [5.41, 5.74) is -2.25. The number of aliphatic hydroxyl groups is 1. The second-order valence-electron chi connectivity index (χ2n) is 6.38. The van der Waals surface area contributed by atoms with Gasteiger partial charge in [-0.2, -0.15) is 13.2 Å². The van der Waals surface area contributed by atoms with Crippen LogP contribution in [0, 0.1) is 6.92 Å². The monoisotopic (exact) mass is 398 g/mol. The van der Waals surface area contributed by atoms with Crippen LogP contribution in [0.2, 0.25) is 0 Å². The molecule has 0 aliphatic carbocycles. The lowest BCUT2D eigenvalue weighted by atomic mass is 9.97. The smallest absolute Gasteiger partial charge is 0.374 e. The number of aromatic nitrogens is 2. The highest BCUT2D eigenvalue weighted by Crippen LogP contribution is 2.41. The largest absolute Gasteiger partial charge is 0.425 e. The molecule has 0 fully saturated rings. The molecule has 28 heavy (non-hydrogen) atoms. The van der Waals surface area contributed by atoms with Crippen molar-refractivity contribution in [2.75, 3.05) is 10.6 Å². The van der Waals surface area contributed by atoms with Gasteiger partial charge in [-0.25, -0.2) is 4.98 Å². The number of nitrogens with zero attached hydrogens (tertiary/aromatic N) is 2. The number of hydrogen-bond acceptors (Lipinski definition) is 4. The molecule has 0 aliphatic heterocycles. The van der Waals surface area contributed by atoms with Gasteiger partial charge in [-0.15, -0.1) is 0 Å². The molecule has 0 saturated carbocycles. The van der Waals surface area contributed by atoms with Crippen molar-refractivity contribution in [3.05, 3.63) is 42.0 Å². The number of imidazole rings is 1. The Balaban J connectivity index is 2.25. The number of aryl methyl sites for hydroxylation is 2. The molecule has 0 saturated heterocycles. The summed E-state index contributed by atoms with van der Waals surface area (Å²) in [5, 5.41) is 15.3. The predicted molar refractivity (Wildman–Crippen MR) is 96.5 cm³/mol. The maximum absolute atomic E-state index is 13.5. The Labute approximate surface area is 159 Å². The van der Waals surface area contributed by atoms with Crippen LogP contribution in [0.15, 0.2) is 30.6 Å². The van der Waals surface area contributed by atoms with Crippen LogP contribution < -0.4 is 10.6 Å². The van der Waals surface area contributed by atoms with Crippen LogP contribution in [0.3, 0.4) is 0 Å². The fourth-order valence-electron chi connectivity index (χ4n) is 2.58. The maximum atomic E-state index is 13.5. The number of rotatable bonds is 6. The number of alkyl halides is 3. The molecule has 2 rings (SSSR count). The average molecular weight is 398 g/mol. The second-order valence-corrected chi connectivity index (χ2v) is 6.38. The summed E-state index contributed by atoms with van der Waals surface area (Å²) in [6.07, 6.45) is -3.79. The zero-order valence-electron chi connectivity index (χ0n) is 15.6. The molecule has 2 amide bonds. The normalized spacial score (nSPS) is 13.7. The Morgan fingerprint density at radius 2 is 1.89 bits per heavy atom. The zero-order valence-corrected chi connectivity index (χ0v) is 15.6. The fourth-order valence-corrected chi connectivity index (χ4v) is 2.58. The molecular weight excluding hydrogens is 377 g/mol. The Kier molecular flexibility index (Phi) is 6.13. The minimum atomic E-state index is -5.12. The van der Waals surface area contributed by atoms with E-state index in [1.54, 1.807) is 26.0 Å². The third-order valence-electron chi connectivity index (χ3n) is 4.19. The van der Waals surface area contributed by atoms with Crippen molar-refractivity contribution in [2.45, 2.75) is 38.5 Å². The van der Waals surface area contributed by atoms with Crippen molar-refractivity contribution in [3.63, 3.8) is 0 Å². The van der Waals surface area contributed by atoms with E-state index in [1.165, 1.54) is 19.3 Å². The van der Waals surface area contributed by atoms with Gasteiger partial charge in [0.2, 0.25) is 17.4 Å². The van der Waals surface area contributed by atoms with Gasteiger partial charge in [0.1, 0.15) is 0 Å². The van der Waals surface area contributed by atoms with E-state index in [-0.39, 0.29) is 18.0 Å². The Morgan fingerprint density at radius 1 is 1.21 bits per heavy atom. The van der Waals surface area contributed by atoms with Crippen LogP contribution in [0.4, 0.5) is 24.5 Å². The summed E-state index contributed by atoms with van der Waals surface area (Å²) in [4.78, 5) is 27.4. The van der Waals surface area contributed by atoms with Crippen molar-refractivity contribution < 1.29 is 27.9 Å². The number of halogens is 3. The summed E-state index contributed by atoms with van der Waals surface area (Å²) in [5.74, 6) is -1.98. The number of hydrogen-bond donors (Lipinski definition) is 3. The minimum absolute atomic E-state index is 0.225. The van der Waals surface area contributed by atoms with Gasteiger partial charge >= 0.3 is 6.18 Å². The third-order valence-corrected chi connectivity index (χ3v) is 4.19. The Bertz CT molecular complexity index is 879. The lowest BCUT2D eigenvalue weighted by Crippen LogP contribution is -2.46. The number of benzene rings is 1. The standard InChI is InChI=1S/C18H21F3N4O3/c1-4-14(26)23-12-6-5-11(2)13(9-12)24-15(27)10-17(28,18(19,20)21)16-22-7-8-25(16)3/h5-9,28H,4,10H2,1-3H3,(H,23,26)(H,24,27). The molecule has 0 radical (unpaired) electrons. The van der Waals surface area contributed by atoms with Crippen molar-refractivity contribution >= 4 is 23.2 Å². The van der Waals surface area contributed by atoms with E-state index in [1.807, 2.05) is 0 Å². The molecule has 1 atom stereocenters. The Morgan fingerprint density at radius 3 is 2.43 bits per heavy atom. The lowest BCUT2D eigenvalue weighted by Gasteiger charge is -2.29. The minimum Gasteiger partial charge on any atom is -0.374 e. The van der Waals surface area contributed by atoms with E-state index in [0.29, 0.717) is 11.3 Å². The van der Waals surface area contributed by atoms with Gasteiger partial charge < -0.3 is 20.3 Å². The summed E-state index contributed by atoms with van der Waals surface area (Å²) in [6, 6.07) is 4.66. The second kappa shape index (κ2) is 8.01. The summed E-state index contributed by atoms with van der Waals surface area (Å²) < 4.78 is 41.6. The number of carbonyl (C=O) groups excluding carboxylic acids is 2. The first kappa shape index (κ1) is 21.4. The molecule has 1 unspecified atom stereocenters. The first-order valence-electron chi connectivity index (χ1n) is 8.45. The number of amides is 2. The molecule has 7 nitrogen and oxygen atoms in total. The fraction of sp³-hybridized carbons (Fsp3) is 0.389. The van der Waals surface area contributed by atoms with Crippen molar-refractivity contribution in [3.8, 4) is 0 Å². The highest BCUT2D eigenvalue weighted by Gasteiger charge is 2.58. The van der Waals surface area contributed by atoms with Gasteiger partial charge in [0.15, 0.2) is 5.82 Å². The maximum Gasteiger partial charge on any atom is 0.425 e. The highest BCUT2D eigenvalue weighted by molar-refractivity contribution is 5.95. The number of carbonyl (C=O) groups is 2. The van der Waals surface area contributed by atoms with Crippen LogP contribution in [-0.2, 0) is 22.2 Å². The molecule has 3 N–H and O–H groups in total. The Hall–Kier alpha value is -2.88. The van der Waals surface area contributed by atoms with Gasteiger partial charge in [0.05, 0.1) is 6.42 Å². The van der Waals surface area contributed by atoms with E-state index in [4.69, 9.17) is 0 Å². The quantitative estimate of drug-likeness (QED) is 0.697. The molecule has 1 aromatic heterocycles. The van der Waals surface area contributed by atoms with E-state index in [0.717, 1.165) is 10.8 Å². The summed E-state index contributed by atoms with van der Waals surface area (Å²) in [7, 11) is 1.29. The predicted octanol–water partition coefficient (Wildman–Crippen LogP) is 2.86. The molecule has 152 valence electrons. The van der Waals surface area contributed by atoms with E-state index in [9.17, 15) is 27.9 Å². The van der Waals surface area contributed by atoms with Crippen LogP contribution in [0.25, 0.3) is 0 Å². The highest BCUT2D eigenvalue weighted by atomic mass is 19.4. The number of anilines is 2. The lowest BCUT2D eigenvalue weighted by molar-refractivity contribution is -0.270. The molecule has 0 aliphatic rings. The van der Waals surface area contributed by atoms with Crippen molar-refractivity contribution in [1.82, 2.24) is 9.55 Å². The summed E-state index contributed by atoms with van der Waals surface area (Å²) in [6.45, 7) is 3.32. The van der Waals surface area contributed by atoms with Crippen molar-refractivity contribution in [2.24, 2.45) is 7.05 Å². The first-order chi connectivity index (χ1) is 13.0. The molecule has 0 bridgehead atoms. The molecule has 2 aromatic rings. The van der Waals surface area contributed by atoms with Gasteiger partial charge in [-0.05, 0) is 24.6 Å². The molecule has 0 spiro atoms. The topological polar surface area (TPSA) is 96.2 Å². The van der Waals surface area contributed by atoms with Crippen molar-refractivity contribution in [1.29, 1.82) is 0 Å². The van der Waals surface area contributed by atoms with Crippen LogP contribution in [0.1, 0.15) is 31.2 Å². The first-order valence-corrected chi connectivity index (χ1v) is 8.45. The van der Waals surface area contributed by atoms with Crippen LogP contribution >= 0.6 is 0 Å². The van der Waals surface area contributed by atoms with Gasteiger partial charge in [0, 0.05) is 37.2 Å².